The molecule has 2 rings (SSSR count). The summed E-state index contributed by atoms with van der Waals surface area (Å²) in [4.78, 5) is 23.8. The van der Waals surface area contributed by atoms with Crippen molar-refractivity contribution >= 4 is 17.5 Å². The van der Waals surface area contributed by atoms with Gasteiger partial charge >= 0.3 is 0 Å². The van der Waals surface area contributed by atoms with Gasteiger partial charge in [-0.2, -0.15) is 0 Å². The summed E-state index contributed by atoms with van der Waals surface area (Å²) in [6.07, 6.45) is 5.14. The molecule has 1 unspecified atom stereocenters. The highest BCUT2D eigenvalue weighted by Gasteiger charge is 2.39. The molecule has 0 aromatic heterocycles. The minimum atomic E-state index is -0.518. The Morgan fingerprint density at radius 3 is 2.15 bits per heavy atom. The number of aliphatic hydroxyl groups is 2. The Labute approximate surface area is 154 Å². The number of anilines is 1. The van der Waals surface area contributed by atoms with E-state index in [4.69, 9.17) is 10.2 Å². The number of amides is 2. The molecule has 26 heavy (non-hydrogen) atoms. The highest BCUT2D eigenvalue weighted by atomic mass is 16.5. The number of hydrazine groups is 1. The first kappa shape index (κ1) is 23.4. The standard InChI is InChI=1S/C13H16N2O2.C4H6O.C2H6O2/c1-2-3-9-11-12(16)14-15(13(11)17)10-7-5-4-6-8-10;1-3-5-4-2;3-1-2-4/h4-8,11H,2-3,9H2,1H3,(H,14,16);3-4H,1-2H2;3-4H,1-2H2. The summed E-state index contributed by atoms with van der Waals surface area (Å²) in [6, 6.07) is 9.17. The van der Waals surface area contributed by atoms with Gasteiger partial charge in [-0.1, -0.05) is 51.1 Å². The summed E-state index contributed by atoms with van der Waals surface area (Å²) in [5.74, 6) is -0.850. The van der Waals surface area contributed by atoms with Crippen LogP contribution in [-0.2, 0) is 14.3 Å². The number of benzene rings is 1. The average Bonchev–Trinajstić information content (AvgIpc) is 2.96. The van der Waals surface area contributed by atoms with E-state index in [9.17, 15) is 9.59 Å². The predicted octanol–water partition coefficient (Wildman–Crippen LogP) is 2.13. The Kier molecular flexibility index (Phi) is 13.2. The number of rotatable bonds is 7. The first-order valence-corrected chi connectivity index (χ1v) is 8.35. The molecular formula is C19H28N2O5. The number of para-hydroxylation sites is 1. The molecular weight excluding hydrogens is 336 g/mol. The van der Waals surface area contributed by atoms with Crippen LogP contribution in [0.3, 0.4) is 0 Å². The summed E-state index contributed by atoms with van der Waals surface area (Å²) in [5.41, 5.74) is 3.34. The molecule has 1 aliphatic rings. The number of carbonyl (C=O) groups excluding carboxylic acids is 2. The molecule has 3 N–H and O–H groups in total. The van der Waals surface area contributed by atoms with Crippen LogP contribution in [0.25, 0.3) is 0 Å². The zero-order valence-corrected chi connectivity index (χ0v) is 15.1. The zero-order valence-electron chi connectivity index (χ0n) is 15.1. The van der Waals surface area contributed by atoms with Gasteiger partial charge in [0.2, 0.25) is 0 Å². The first-order valence-electron chi connectivity index (χ1n) is 8.35. The summed E-state index contributed by atoms with van der Waals surface area (Å²) >= 11 is 0. The smallest absolute Gasteiger partial charge is 0.258 e. The molecule has 7 nitrogen and oxygen atoms in total. The van der Waals surface area contributed by atoms with Crippen LogP contribution in [-0.4, -0.2) is 35.2 Å². The summed E-state index contributed by atoms with van der Waals surface area (Å²) in [6.45, 7) is 8.31. The van der Waals surface area contributed by atoms with Crippen molar-refractivity contribution in [3.63, 3.8) is 0 Å². The lowest BCUT2D eigenvalue weighted by Crippen LogP contribution is -2.35. The Bertz CT molecular complexity index is 540. The van der Waals surface area contributed by atoms with E-state index in [0.717, 1.165) is 12.8 Å². The minimum absolute atomic E-state index is 0.125. The van der Waals surface area contributed by atoms with E-state index in [1.807, 2.05) is 25.1 Å². The Balaban J connectivity index is 0.000000582. The monoisotopic (exact) mass is 364 g/mol. The van der Waals surface area contributed by atoms with Crippen molar-refractivity contribution in [3.05, 3.63) is 56.0 Å². The van der Waals surface area contributed by atoms with Crippen LogP contribution in [0.15, 0.2) is 56.0 Å². The first-order chi connectivity index (χ1) is 12.6. The quantitative estimate of drug-likeness (QED) is 0.508. The highest BCUT2D eigenvalue weighted by molar-refractivity contribution is 6.14. The third kappa shape index (κ3) is 8.46. The van der Waals surface area contributed by atoms with Crippen LogP contribution in [0.2, 0.25) is 0 Å². The van der Waals surface area contributed by atoms with Crippen molar-refractivity contribution in [1.82, 2.24) is 5.43 Å². The van der Waals surface area contributed by atoms with E-state index in [2.05, 4.69) is 23.3 Å². The van der Waals surface area contributed by atoms with E-state index in [1.165, 1.54) is 17.5 Å². The number of carbonyl (C=O) groups is 2. The molecule has 144 valence electrons. The van der Waals surface area contributed by atoms with Crippen molar-refractivity contribution in [2.45, 2.75) is 26.2 Å². The van der Waals surface area contributed by atoms with Crippen LogP contribution in [0.1, 0.15) is 26.2 Å². The minimum Gasteiger partial charge on any atom is -0.474 e. The third-order valence-electron chi connectivity index (χ3n) is 3.21. The van der Waals surface area contributed by atoms with E-state index in [-0.39, 0.29) is 25.0 Å². The van der Waals surface area contributed by atoms with Gasteiger partial charge in [-0.3, -0.25) is 15.0 Å². The largest absolute Gasteiger partial charge is 0.474 e. The molecule has 0 aliphatic carbocycles. The maximum atomic E-state index is 12.1. The van der Waals surface area contributed by atoms with Crippen LogP contribution in [0, 0.1) is 5.92 Å². The van der Waals surface area contributed by atoms with Crippen molar-refractivity contribution < 1.29 is 24.5 Å². The molecule has 1 aromatic carbocycles. The molecule has 0 radical (unpaired) electrons. The molecule has 0 spiro atoms. The molecule has 1 fully saturated rings. The second kappa shape index (κ2) is 14.7. The summed E-state index contributed by atoms with van der Waals surface area (Å²) < 4.78 is 4.36. The van der Waals surface area contributed by atoms with Crippen LogP contribution < -0.4 is 10.4 Å². The second-order valence-corrected chi connectivity index (χ2v) is 5.10. The molecule has 7 heteroatoms. The van der Waals surface area contributed by atoms with Gasteiger partial charge in [0, 0.05) is 0 Å². The molecule has 1 atom stereocenters. The lowest BCUT2D eigenvalue weighted by Gasteiger charge is -2.14. The van der Waals surface area contributed by atoms with Gasteiger partial charge in [-0.15, -0.1) is 0 Å². The average molecular weight is 364 g/mol. The number of nitrogens with zero attached hydrogens (tertiary/aromatic N) is 1. The number of hydrogen-bond donors (Lipinski definition) is 3. The molecule has 1 heterocycles. The Morgan fingerprint density at radius 2 is 1.73 bits per heavy atom. The predicted molar refractivity (Wildman–Crippen MR) is 101 cm³/mol. The van der Waals surface area contributed by atoms with Crippen molar-refractivity contribution in [1.29, 1.82) is 0 Å². The van der Waals surface area contributed by atoms with E-state index < -0.39 is 5.92 Å². The van der Waals surface area contributed by atoms with Crippen LogP contribution >= 0.6 is 0 Å². The van der Waals surface area contributed by atoms with Gasteiger partial charge in [0.05, 0.1) is 31.4 Å². The van der Waals surface area contributed by atoms with Gasteiger partial charge in [-0.25, -0.2) is 5.01 Å². The van der Waals surface area contributed by atoms with Crippen molar-refractivity contribution in [2.75, 3.05) is 18.2 Å². The van der Waals surface area contributed by atoms with Gasteiger partial charge in [-0.05, 0) is 18.6 Å². The van der Waals surface area contributed by atoms with E-state index in [1.54, 1.807) is 12.1 Å². The van der Waals surface area contributed by atoms with Gasteiger partial charge in [0.25, 0.3) is 11.8 Å². The van der Waals surface area contributed by atoms with Crippen LogP contribution in [0.5, 0.6) is 0 Å². The topological polar surface area (TPSA) is 99.1 Å². The molecule has 1 saturated heterocycles. The molecule has 0 bridgehead atoms. The fourth-order valence-electron chi connectivity index (χ4n) is 2.01. The number of ether oxygens (including phenoxy) is 1. The van der Waals surface area contributed by atoms with Gasteiger partial charge in [0.15, 0.2) is 0 Å². The molecule has 1 aromatic rings. The van der Waals surface area contributed by atoms with E-state index >= 15 is 0 Å². The number of aliphatic hydroxyl groups excluding tert-OH is 2. The summed E-state index contributed by atoms with van der Waals surface area (Å²) in [7, 11) is 0. The van der Waals surface area contributed by atoms with Crippen LogP contribution in [0.4, 0.5) is 5.69 Å². The van der Waals surface area contributed by atoms with Crippen molar-refractivity contribution in [2.24, 2.45) is 5.92 Å². The maximum absolute atomic E-state index is 12.1. The van der Waals surface area contributed by atoms with Gasteiger partial charge in [0.1, 0.15) is 5.92 Å². The highest BCUT2D eigenvalue weighted by Crippen LogP contribution is 2.22. The van der Waals surface area contributed by atoms with Crippen molar-refractivity contribution in [3.8, 4) is 0 Å². The normalized spacial score (nSPS) is 15.0. The fourth-order valence-corrected chi connectivity index (χ4v) is 2.01. The van der Waals surface area contributed by atoms with E-state index in [0.29, 0.717) is 12.1 Å². The zero-order chi connectivity index (χ0) is 19.8. The Hall–Kier alpha value is -2.64. The second-order valence-electron chi connectivity index (χ2n) is 5.10. The number of hydrogen-bond acceptors (Lipinski definition) is 5. The lowest BCUT2D eigenvalue weighted by atomic mass is 10.0. The summed E-state index contributed by atoms with van der Waals surface area (Å²) in [5, 5.41) is 16.6. The fraction of sp³-hybridized carbons (Fsp3) is 0.368. The van der Waals surface area contributed by atoms with Gasteiger partial charge < -0.3 is 14.9 Å². The molecule has 2 amide bonds. The third-order valence-corrected chi connectivity index (χ3v) is 3.21. The molecule has 0 saturated carbocycles. The SMILES string of the molecule is C=COC=C.CCCCC1C(=O)NN(c2ccccc2)C1=O.OCCO. The number of unbranched alkanes of at least 4 members (excludes halogenated alkanes) is 1. The Morgan fingerprint density at radius 1 is 1.15 bits per heavy atom. The number of nitrogens with one attached hydrogen (secondary N) is 1. The lowest BCUT2D eigenvalue weighted by molar-refractivity contribution is -0.127. The molecule has 1 aliphatic heterocycles. The maximum Gasteiger partial charge on any atom is 0.258 e.